The smallest absolute Gasteiger partial charge is 0.343 e. The number of anilines is 1. The second kappa shape index (κ2) is 4.73. The molecule has 0 amide bonds. The molecule has 102 valence electrons. The van der Waals surface area contributed by atoms with Crippen LogP contribution in [0.3, 0.4) is 0 Å². The minimum Gasteiger partial charge on any atom is -0.368 e. The van der Waals surface area contributed by atoms with Crippen molar-refractivity contribution in [3.63, 3.8) is 0 Å². The number of rotatable bonds is 3. The molecule has 0 atom stereocenters. The van der Waals surface area contributed by atoms with Crippen LogP contribution in [0.4, 0.5) is 5.95 Å². The Morgan fingerprint density at radius 3 is 2.85 bits per heavy atom. The summed E-state index contributed by atoms with van der Waals surface area (Å²) in [5.74, 6) is 0.270. The van der Waals surface area contributed by atoms with Gasteiger partial charge in [-0.1, -0.05) is 0 Å². The molecule has 0 spiro atoms. The number of nitrogen functional groups attached to an aromatic ring is 1. The summed E-state index contributed by atoms with van der Waals surface area (Å²) in [5.41, 5.74) is 5.30. The van der Waals surface area contributed by atoms with Gasteiger partial charge in [-0.05, 0) is 11.8 Å². The van der Waals surface area contributed by atoms with Crippen LogP contribution in [0.1, 0.15) is 0 Å². The molecule has 3 heterocycles. The molecule has 20 heavy (non-hydrogen) atoms. The molecule has 3 aromatic heterocycles. The first kappa shape index (κ1) is 12.3. The second-order valence-corrected chi connectivity index (χ2v) is 4.52. The lowest BCUT2D eigenvalue weighted by molar-refractivity contribution is 0.747. The molecule has 0 aliphatic heterocycles. The topological polar surface area (TPSA) is 146 Å². The maximum atomic E-state index is 11.3. The standard InChI is InChI=1S/C8H8N10OS/c1-17-7(19)15-16-8(17)20-6-13-4(9)12-5(14-6)18-3-10-2-11-18/h2-3H,1H3,(H,15,19)(H2,9,12,13,14). The molecule has 3 rings (SSSR count). The maximum Gasteiger partial charge on any atom is 0.343 e. The Morgan fingerprint density at radius 1 is 1.35 bits per heavy atom. The van der Waals surface area contributed by atoms with Crippen molar-refractivity contribution >= 4 is 17.7 Å². The zero-order valence-electron chi connectivity index (χ0n) is 10.1. The first-order valence-corrected chi connectivity index (χ1v) is 6.11. The van der Waals surface area contributed by atoms with E-state index in [-0.39, 0.29) is 17.6 Å². The number of nitrogens with zero attached hydrogens (tertiary/aromatic N) is 8. The Kier molecular flexibility index (Phi) is 2.90. The van der Waals surface area contributed by atoms with Gasteiger partial charge < -0.3 is 5.73 Å². The maximum absolute atomic E-state index is 11.3. The summed E-state index contributed by atoms with van der Waals surface area (Å²) in [7, 11) is 1.58. The molecule has 12 heteroatoms. The van der Waals surface area contributed by atoms with E-state index in [1.807, 2.05) is 0 Å². The van der Waals surface area contributed by atoms with Gasteiger partial charge in [-0.15, -0.1) is 5.10 Å². The van der Waals surface area contributed by atoms with E-state index < -0.39 is 0 Å². The van der Waals surface area contributed by atoms with Crippen LogP contribution < -0.4 is 11.4 Å². The Hall–Kier alpha value is -2.76. The Bertz CT molecular complexity index is 790. The molecule has 0 aliphatic carbocycles. The molecule has 3 N–H and O–H groups in total. The van der Waals surface area contributed by atoms with Crippen LogP contribution in [0.2, 0.25) is 0 Å². The molecule has 0 fully saturated rings. The fourth-order valence-corrected chi connectivity index (χ4v) is 2.07. The summed E-state index contributed by atoms with van der Waals surface area (Å²) >= 11 is 1.08. The molecule has 0 saturated carbocycles. The number of hydrogen-bond donors (Lipinski definition) is 2. The Balaban J connectivity index is 1.98. The molecule has 0 saturated heterocycles. The summed E-state index contributed by atoms with van der Waals surface area (Å²) < 4.78 is 2.69. The van der Waals surface area contributed by atoms with Gasteiger partial charge in [0.25, 0.3) is 5.95 Å². The third-order valence-electron chi connectivity index (χ3n) is 2.27. The fourth-order valence-electron chi connectivity index (χ4n) is 1.33. The molecule has 0 bridgehead atoms. The number of H-pyrrole nitrogens is 1. The van der Waals surface area contributed by atoms with Gasteiger partial charge in [0.05, 0.1) is 0 Å². The largest absolute Gasteiger partial charge is 0.368 e. The number of aromatic nitrogens is 9. The lowest BCUT2D eigenvalue weighted by atomic mass is 10.9. The van der Waals surface area contributed by atoms with Crippen LogP contribution in [-0.2, 0) is 7.05 Å². The van der Waals surface area contributed by atoms with E-state index in [2.05, 4.69) is 35.2 Å². The van der Waals surface area contributed by atoms with Crippen LogP contribution in [0.25, 0.3) is 5.95 Å². The average molecular weight is 292 g/mol. The van der Waals surface area contributed by atoms with E-state index >= 15 is 0 Å². The molecule has 0 aliphatic rings. The van der Waals surface area contributed by atoms with E-state index in [1.165, 1.54) is 21.9 Å². The van der Waals surface area contributed by atoms with Crippen molar-refractivity contribution in [3.05, 3.63) is 23.1 Å². The summed E-state index contributed by atoms with van der Waals surface area (Å²) in [5, 5.41) is 10.8. The lowest BCUT2D eigenvalue weighted by Gasteiger charge is -2.03. The van der Waals surface area contributed by atoms with Crippen LogP contribution in [0.15, 0.2) is 27.8 Å². The van der Waals surface area contributed by atoms with E-state index in [0.29, 0.717) is 10.3 Å². The van der Waals surface area contributed by atoms with Crippen LogP contribution in [0, 0.1) is 0 Å². The first-order valence-electron chi connectivity index (χ1n) is 5.29. The van der Waals surface area contributed by atoms with Crippen LogP contribution in [-0.4, -0.2) is 44.5 Å². The van der Waals surface area contributed by atoms with Gasteiger partial charge in [-0.3, -0.25) is 4.57 Å². The highest BCUT2D eigenvalue weighted by Gasteiger charge is 2.12. The highest BCUT2D eigenvalue weighted by atomic mass is 32.2. The van der Waals surface area contributed by atoms with Crippen molar-refractivity contribution < 1.29 is 0 Å². The molecule has 0 unspecified atom stereocenters. The molecule has 11 nitrogen and oxygen atoms in total. The minimum absolute atomic E-state index is 0.0357. The van der Waals surface area contributed by atoms with Gasteiger partial charge in [0.2, 0.25) is 11.1 Å². The lowest BCUT2D eigenvalue weighted by Crippen LogP contribution is -2.13. The Labute approximate surface area is 115 Å². The fraction of sp³-hybridized carbons (Fsp3) is 0.125. The number of aromatic amines is 1. The van der Waals surface area contributed by atoms with Gasteiger partial charge in [0.1, 0.15) is 12.7 Å². The van der Waals surface area contributed by atoms with Gasteiger partial charge in [0.15, 0.2) is 5.16 Å². The second-order valence-electron chi connectivity index (χ2n) is 3.59. The molecular formula is C8H8N10OS. The van der Waals surface area contributed by atoms with Crippen molar-refractivity contribution in [2.45, 2.75) is 10.3 Å². The highest BCUT2D eigenvalue weighted by Crippen LogP contribution is 2.21. The summed E-state index contributed by atoms with van der Waals surface area (Å²) in [6.07, 6.45) is 2.79. The highest BCUT2D eigenvalue weighted by molar-refractivity contribution is 7.99. The van der Waals surface area contributed by atoms with Gasteiger partial charge in [0, 0.05) is 7.05 Å². The van der Waals surface area contributed by atoms with E-state index in [0.717, 1.165) is 11.8 Å². The van der Waals surface area contributed by atoms with Crippen LogP contribution in [0.5, 0.6) is 0 Å². The van der Waals surface area contributed by atoms with Gasteiger partial charge in [-0.25, -0.2) is 14.9 Å². The van der Waals surface area contributed by atoms with Crippen molar-refractivity contribution in [2.75, 3.05) is 5.73 Å². The van der Waals surface area contributed by atoms with Crippen molar-refractivity contribution in [3.8, 4) is 5.95 Å². The van der Waals surface area contributed by atoms with Gasteiger partial charge >= 0.3 is 5.69 Å². The zero-order chi connectivity index (χ0) is 14.1. The normalized spacial score (nSPS) is 10.8. The predicted octanol–water partition coefficient (Wildman–Crippen LogP) is -1.39. The third-order valence-corrected chi connectivity index (χ3v) is 3.18. The summed E-state index contributed by atoms with van der Waals surface area (Å²) in [6, 6.07) is 0. The molecule has 0 radical (unpaired) electrons. The SMILES string of the molecule is Cn1c(Sc2nc(N)nc(-n3cncn3)n2)n[nH]c1=O. The zero-order valence-corrected chi connectivity index (χ0v) is 10.9. The van der Waals surface area contributed by atoms with Crippen molar-refractivity contribution in [1.82, 2.24) is 44.5 Å². The Morgan fingerprint density at radius 2 is 2.20 bits per heavy atom. The third kappa shape index (κ3) is 2.23. The van der Waals surface area contributed by atoms with Crippen molar-refractivity contribution in [2.24, 2.45) is 7.05 Å². The summed E-state index contributed by atoms with van der Waals surface area (Å²) in [4.78, 5) is 27.2. The monoisotopic (exact) mass is 292 g/mol. The quantitative estimate of drug-likeness (QED) is 0.595. The van der Waals surface area contributed by atoms with E-state index in [9.17, 15) is 4.79 Å². The number of nitrogens with two attached hydrogens (primary N) is 1. The minimum atomic E-state index is -0.328. The van der Waals surface area contributed by atoms with Crippen LogP contribution >= 0.6 is 11.8 Å². The van der Waals surface area contributed by atoms with E-state index in [4.69, 9.17) is 5.73 Å². The first-order chi connectivity index (χ1) is 9.63. The number of nitrogens with one attached hydrogen (secondary N) is 1. The number of hydrogen-bond acceptors (Lipinski definition) is 9. The summed E-state index contributed by atoms with van der Waals surface area (Å²) in [6.45, 7) is 0. The van der Waals surface area contributed by atoms with E-state index in [1.54, 1.807) is 7.05 Å². The van der Waals surface area contributed by atoms with Gasteiger partial charge in [-0.2, -0.15) is 24.7 Å². The average Bonchev–Trinajstić information content (AvgIpc) is 3.04. The van der Waals surface area contributed by atoms with Crippen molar-refractivity contribution in [1.29, 1.82) is 0 Å². The molecule has 3 aromatic rings. The molecule has 0 aromatic carbocycles. The predicted molar refractivity (Wildman–Crippen MR) is 67.1 cm³/mol. The molecular weight excluding hydrogens is 284 g/mol.